The van der Waals surface area contributed by atoms with Gasteiger partial charge in [0, 0.05) is 12.4 Å². The molecule has 0 radical (unpaired) electrons. The van der Waals surface area contributed by atoms with Crippen molar-refractivity contribution in [1.82, 2.24) is 4.57 Å². The number of hydrogen-bond donors (Lipinski definition) is 1. The highest BCUT2D eigenvalue weighted by atomic mass is 35.5. The SMILES string of the molecule is Cn1c(COc2ccc(O)cc2)cc2cccc(Cl)c21. The van der Waals surface area contributed by atoms with E-state index < -0.39 is 0 Å². The second-order valence-corrected chi connectivity index (χ2v) is 5.06. The Morgan fingerprint density at radius 2 is 1.90 bits per heavy atom. The van der Waals surface area contributed by atoms with Crippen LogP contribution in [0.25, 0.3) is 10.9 Å². The van der Waals surface area contributed by atoms with E-state index in [0.717, 1.165) is 27.4 Å². The lowest BCUT2D eigenvalue weighted by Gasteiger charge is -2.08. The zero-order valence-electron chi connectivity index (χ0n) is 11.0. The van der Waals surface area contributed by atoms with Crippen molar-refractivity contribution < 1.29 is 9.84 Å². The van der Waals surface area contributed by atoms with Crippen molar-refractivity contribution in [2.24, 2.45) is 7.05 Å². The number of phenolic OH excluding ortho intramolecular Hbond substituents is 1. The van der Waals surface area contributed by atoms with Crippen LogP contribution in [-0.2, 0) is 13.7 Å². The normalized spacial score (nSPS) is 10.9. The number of hydrogen-bond acceptors (Lipinski definition) is 2. The van der Waals surface area contributed by atoms with Crippen LogP contribution in [0.4, 0.5) is 0 Å². The summed E-state index contributed by atoms with van der Waals surface area (Å²) >= 11 is 6.22. The Morgan fingerprint density at radius 3 is 2.60 bits per heavy atom. The molecule has 0 aliphatic carbocycles. The Bertz CT molecular complexity index is 747. The number of phenols is 1. The van der Waals surface area contributed by atoms with E-state index >= 15 is 0 Å². The van der Waals surface area contributed by atoms with Crippen LogP contribution in [0.15, 0.2) is 48.5 Å². The Hall–Kier alpha value is -2.13. The molecule has 0 amide bonds. The van der Waals surface area contributed by atoms with Gasteiger partial charge >= 0.3 is 0 Å². The Balaban J connectivity index is 1.86. The third-order valence-corrected chi connectivity index (χ3v) is 3.63. The number of aromatic nitrogens is 1. The van der Waals surface area contributed by atoms with Crippen LogP contribution in [-0.4, -0.2) is 9.67 Å². The molecule has 3 rings (SSSR count). The van der Waals surface area contributed by atoms with Crippen molar-refractivity contribution in [1.29, 1.82) is 0 Å². The zero-order chi connectivity index (χ0) is 14.1. The van der Waals surface area contributed by atoms with Gasteiger partial charge in [-0.15, -0.1) is 0 Å². The van der Waals surface area contributed by atoms with Crippen molar-refractivity contribution in [2.75, 3.05) is 0 Å². The molecule has 0 aliphatic rings. The summed E-state index contributed by atoms with van der Waals surface area (Å²) in [5.74, 6) is 0.952. The van der Waals surface area contributed by atoms with Gasteiger partial charge in [0.15, 0.2) is 0 Å². The minimum Gasteiger partial charge on any atom is -0.508 e. The van der Waals surface area contributed by atoms with Crippen LogP contribution in [0, 0.1) is 0 Å². The molecule has 102 valence electrons. The van der Waals surface area contributed by atoms with Crippen LogP contribution < -0.4 is 4.74 Å². The van der Waals surface area contributed by atoms with Crippen molar-refractivity contribution in [3.63, 3.8) is 0 Å². The predicted octanol–water partition coefficient (Wildman–Crippen LogP) is 4.12. The maximum Gasteiger partial charge on any atom is 0.128 e. The maximum atomic E-state index is 9.24. The van der Waals surface area contributed by atoms with E-state index in [9.17, 15) is 5.11 Å². The molecule has 0 aliphatic heterocycles. The van der Waals surface area contributed by atoms with E-state index in [1.54, 1.807) is 24.3 Å². The largest absolute Gasteiger partial charge is 0.508 e. The molecular weight excluding hydrogens is 274 g/mol. The summed E-state index contributed by atoms with van der Waals surface area (Å²) in [6, 6.07) is 14.6. The summed E-state index contributed by atoms with van der Waals surface area (Å²) < 4.78 is 7.76. The Morgan fingerprint density at radius 1 is 1.15 bits per heavy atom. The fraction of sp³-hybridized carbons (Fsp3) is 0.125. The number of rotatable bonds is 3. The standard InChI is InChI=1S/C16H14ClNO2/c1-18-12(9-11-3-2-4-15(17)16(11)18)10-20-14-7-5-13(19)6-8-14/h2-9,19H,10H2,1H3. The highest BCUT2D eigenvalue weighted by molar-refractivity contribution is 6.35. The summed E-state index contributed by atoms with van der Waals surface area (Å²) in [5, 5.41) is 11.1. The summed E-state index contributed by atoms with van der Waals surface area (Å²) in [7, 11) is 1.98. The fourth-order valence-electron chi connectivity index (χ4n) is 2.26. The van der Waals surface area contributed by atoms with Gasteiger partial charge in [-0.25, -0.2) is 0 Å². The number of ether oxygens (including phenoxy) is 1. The Labute approximate surface area is 122 Å². The smallest absolute Gasteiger partial charge is 0.128 e. The first-order chi connectivity index (χ1) is 9.65. The molecule has 1 N–H and O–H groups in total. The van der Waals surface area contributed by atoms with Gasteiger partial charge in [0.25, 0.3) is 0 Å². The molecule has 0 bridgehead atoms. The topological polar surface area (TPSA) is 34.4 Å². The van der Waals surface area contributed by atoms with Crippen molar-refractivity contribution in [3.8, 4) is 11.5 Å². The molecule has 4 heteroatoms. The molecule has 0 saturated heterocycles. The van der Waals surface area contributed by atoms with Crippen LogP contribution >= 0.6 is 11.6 Å². The number of nitrogens with zero attached hydrogens (tertiary/aromatic N) is 1. The Kier molecular flexibility index (Phi) is 3.28. The number of halogens is 1. The van der Waals surface area contributed by atoms with Crippen LogP contribution in [0.1, 0.15) is 5.69 Å². The molecule has 0 unspecified atom stereocenters. The second kappa shape index (κ2) is 5.10. The summed E-state index contributed by atoms with van der Waals surface area (Å²) in [6.07, 6.45) is 0. The summed E-state index contributed by atoms with van der Waals surface area (Å²) in [6.45, 7) is 0.451. The van der Waals surface area contributed by atoms with Gasteiger partial charge in [-0.1, -0.05) is 23.7 Å². The second-order valence-electron chi connectivity index (χ2n) is 4.65. The van der Waals surface area contributed by atoms with E-state index in [1.165, 1.54) is 0 Å². The van der Waals surface area contributed by atoms with Gasteiger partial charge in [0.05, 0.1) is 16.2 Å². The van der Waals surface area contributed by atoms with Gasteiger partial charge < -0.3 is 14.4 Å². The zero-order valence-corrected chi connectivity index (χ0v) is 11.8. The van der Waals surface area contributed by atoms with Crippen molar-refractivity contribution in [3.05, 3.63) is 59.2 Å². The molecule has 1 heterocycles. The van der Waals surface area contributed by atoms with E-state index in [0.29, 0.717) is 6.61 Å². The molecule has 0 spiro atoms. The monoisotopic (exact) mass is 287 g/mol. The number of aromatic hydroxyl groups is 1. The van der Waals surface area contributed by atoms with Gasteiger partial charge in [-0.3, -0.25) is 0 Å². The van der Waals surface area contributed by atoms with Crippen LogP contribution in [0.2, 0.25) is 5.02 Å². The molecule has 1 aromatic heterocycles. The average molecular weight is 288 g/mol. The van der Waals surface area contributed by atoms with Gasteiger partial charge in [0.2, 0.25) is 0 Å². The van der Waals surface area contributed by atoms with E-state index in [1.807, 2.05) is 29.8 Å². The lowest BCUT2D eigenvalue weighted by Crippen LogP contribution is -2.01. The van der Waals surface area contributed by atoms with Gasteiger partial charge in [-0.2, -0.15) is 0 Å². The predicted molar refractivity (Wildman–Crippen MR) is 80.4 cm³/mol. The van der Waals surface area contributed by atoms with Crippen LogP contribution in [0.5, 0.6) is 11.5 Å². The first kappa shape index (κ1) is 12.9. The molecular formula is C16H14ClNO2. The molecule has 2 aromatic carbocycles. The van der Waals surface area contributed by atoms with Crippen LogP contribution in [0.3, 0.4) is 0 Å². The lowest BCUT2D eigenvalue weighted by molar-refractivity contribution is 0.297. The van der Waals surface area contributed by atoms with E-state index in [2.05, 4.69) is 6.07 Å². The minimum absolute atomic E-state index is 0.230. The molecule has 0 fully saturated rings. The van der Waals surface area contributed by atoms with Crippen molar-refractivity contribution in [2.45, 2.75) is 6.61 Å². The quantitative estimate of drug-likeness (QED) is 0.786. The first-order valence-corrected chi connectivity index (χ1v) is 6.67. The number of aryl methyl sites for hydroxylation is 1. The third kappa shape index (κ3) is 2.32. The number of benzene rings is 2. The van der Waals surface area contributed by atoms with E-state index in [4.69, 9.17) is 16.3 Å². The highest BCUT2D eigenvalue weighted by Crippen LogP contribution is 2.27. The van der Waals surface area contributed by atoms with Crippen molar-refractivity contribution >= 4 is 22.5 Å². The van der Waals surface area contributed by atoms with Gasteiger partial charge in [0.1, 0.15) is 18.1 Å². The average Bonchev–Trinajstić information content (AvgIpc) is 2.76. The molecule has 20 heavy (non-hydrogen) atoms. The summed E-state index contributed by atoms with van der Waals surface area (Å²) in [5.41, 5.74) is 2.06. The fourth-order valence-corrected chi connectivity index (χ4v) is 2.57. The third-order valence-electron chi connectivity index (χ3n) is 3.33. The molecule has 3 nitrogen and oxygen atoms in total. The number of para-hydroxylation sites is 1. The summed E-state index contributed by atoms with van der Waals surface area (Å²) in [4.78, 5) is 0. The van der Waals surface area contributed by atoms with E-state index in [-0.39, 0.29) is 5.75 Å². The minimum atomic E-state index is 0.230. The van der Waals surface area contributed by atoms with Gasteiger partial charge in [-0.05, 0) is 36.4 Å². The first-order valence-electron chi connectivity index (χ1n) is 6.30. The maximum absolute atomic E-state index is 9.24. The lowest BCUT2D eigenvalue weighted by atomic mass is 10.2. The molecule has 0 atom stereocenters. The molecule has 0 saturated carbocycles. The number of fused-ring (bicyclic) bond motifs is 1. The molecule has 3 aromatic rings. The highest BCUT2D eigenvalue weighted by Gasteiger charge is 2.09.